The first kappa shape index (κ1) is 19.8. The largest absolute Gasteiger partial charge is 0.318 e. The Morgan fingerprint density at radius 1 is 1.15 bits per heavy atom. The molecule has 0 aliphatic carbocycles. The maximum absolute atomic E-state index is 12.1. The van der Waals surface area contributed by atoms with Crippen LogP contribution in [-0.2, 0) is 11.2 Å². The minimum Gasteiger partial charge on any atom is -0.318 e. The van der Waals surface area contributed by atoms with Crippen LogP contribution in [0.5, 0.6) is 0 Å². The van der Waals surface area contributed by atoms with Gasteiger partial charge in [0.25, 0.3) is 0 Å². The molecule has 2 aromatic carbocycles. The fourth-order valence-electron chi connectivity index (χ4n) is 2.91. The summed E-state index contributed by atoms with van der Waals surface area (Å²) >= 11 is 5.69. The lowest BCUT2D eigenvalue weighted by atomic mass is 10.1. The third-order valence-electron chi connectivity index (χ3n) is 4.23. The molecule has 138 valence electrons. The van der Waals surface area contributed by atoms with Gasteiger partial charge in [0.2, 0.25) is 5.91 Å². The van der Waals surface area contributed by atoms with Crippen LogP contribution in [0.15, 0.2) is 64.2 Å². The lowest BCUT2D eigenvalue weighted by Crippen LogP contribution is -2.19. The predicted molar refractivity (Wildman–Crippen MR) is 122 cm³/mol. The highest BCUT2D eigenvalue weighted by Crippen LogP contribution is 2.20. The van der Waals surface area contributed by atoms with Gasteiger partial charge in [-0.25, -0.2) is 5.43 Å². The summed E-state index contributed by atoms with van der Waals surface area (Å²) in [6, 6.07) is 18.1. The van der Waals surface area contributed by atoms with Crippen LogP contribution in [0, 0.1) is 17.4 Å². The molecule has 0 saturated heterocycles. The van der Waals surface area contributed by atoms with E-state index < -0.39 is 0 Å². The zero-order valence-corrected chi connectivity index (χ0v) is 18.8. The van der Waals surface area contributed by atoms with Crippen molar-refractivity contribution in [1.29, 1.82) is 0 Å². The molecule has 0 saturated carbocycles. The molecule has 0 aliphatic heterocycles. The first-order valence-electron chi connectivity index (χ1n) is 8.45. The number of aryl methyl sites for hydroxylation is 1. The van der Waals surface area contributed by atoms with Crippen LogP contribution in [-0.4, -0.2) is 16.7 Å². The van der Waals surface area contributed by atoms with Crippen molar-refractivity contribution in [3.63, 3.8) is 0 Å². The Morgan fingerprint density at radius 2 is 1.81 bits per heavy atom. The van der Waals surface area contributed by atoms with Gasteiger partial charge >= 0.3 is 0 Å². The molecule has 0 atom stereocenters. The van der Waals surface area contributed by atoms with Crippen molar-refractivity contribution in [2.75, 3.05) is 0 Å². The Hall–Kier alpha value is -1.93. The fourth-order valence-corrected chi connectivity index (χ4v) is 3.53. The molecule has 1 heterocycles. The normalized spacial score (nSPS) is 11.1. The van der Waals surface area contributed by atoms with E-state index in [9.17, 15) is 4.79 Å². The molecule has 0 bridgehead atoms. The third-order valence-corrected chi connectivity index (χ3v) is 5.47. The SMILES string of the molecule is Cc1cc(/C=N/NC(=O)Cc2ccc(Br)cc2)c(C)n1-c1ccc(I)cc1. The summed E-state index contributed by atoms with van der Waals surface area (Å²) in [6.07, 6.45) is 2.00. The number of nitrogens with zero attached hydrogens (tertiary/aromatic N) is 2. The van der Waals surface area contributed by atoms with Crippen LogP contribution >= 0.6 is 38.5 Å². The summed E-state index contributed by atoms with van der Waals surface area (Å²) in [5.74, 6) is -0.139. The average Bonchev–Trinajstić information content (AvgIpc) is 2.92. The number of nitrogens with one attached hydrogen (secondary N) is 1. The zero-order chi connectivity index (χ0) is 19.4. The van der Waals surface area contributed by atoms with Crippen molar-refractivity contribution in [3.8, 4) is 5.69 Å². The summed E-state index contributed by atoms with van der Waals surface area (Å²) in [7, 11) is 0. The van der Waals surface area contributed by atoms with Crippen molar-refractivity contribution in [2.45, 2.75) is 20.3 Å². The van der Waals surface area contributed by atoms with Crippen molar-refractivity contribution < 1.29 is 4.79 Å². The van der Waals surface area contributed by atoms with Gasteiger partial charge in [0.1, 0.15) is 0 Å². The molecule has 27 heavy (non-hydrogen) atoms. The number of halogens is 2. The molecule has 4 nitrogen and oxygen atoms in total. The predicted octanol–water partition coefficient (Wildman–Crippen LogP) is 5.15. The van der Waals surface area contributed by atoms with Crippen LogP contribution in [0.2, 0.25) is 0 Å². The molecule has 1 aromatic heterocycles. The summed E-state index contributed by atoms with van der Waals surface area (Å²) in [4.78, 5) is 12.1. The second-order valence-electron chi connectivity index (χ2n) is 6.23. The molecule has 3 aromatic rings. The molecule has 3 rings (SSSR count). The van der Waals surface area contributed by atoms with E-state index in [1.165, 1.54) is 3.57 Å². The number of rotatable bonds is 5. The Balaban J connectivity index is 1.68. The summed E-state index contributed by atoms with van der Waals surface area (Å²) in [6.45, 7) is 4.12. The number of benzene rings is 2. The van der Waals surface area contributed by atoms with Crippen LogP contribution in [0.3, 0.4) is 0 Å². The zero-order valence-electron chi connectivity index (χ0n) is 15.0. The van der Waals surface area contributed by atoms with Gasteiger partial charge in [-0.05, 0) is 84.5 Å². The number of hydrazone groups is 1. The second-order valence-corrected chi connectivity index (χ2v) is 8.40. The second kappa shape index (κ2) is 8.84. The molecule has 1 amide bonds. The Morgan fingerprint density at radius 3 is 2.48 bits per heavy atom. The van der Waals surface area contributed by atoms with E-state index in [2.05, 4.69) is 97.8 Å². The number of carbonyl (C=O) groups is 1. The fraction of sp³-hybridized carbons (Fsp3) is 0.143. The molecule has 6 heteroatoms. The molecule has 1 N–H and O–H groups in total. The molecular weight excluding hydrogens is 517 g/mol. The smallest absolute Gasteiger partial charge is 0.244 e. The third kappa shape index (κ3) is 5.07. The van der Waals surface area contributed by atoms with Gasteiger partial charge in [-0.15, -0.1) is 0 Å². The van der Waals surface area contributed by atoms with Gasteiger partial charge in [0.05, 0.1) is 12.6 Å². The topological polar surface area (TPSA) is 46.4 Å². The van der Waals surface area contributed by atoms with Crippen LogP contribution in [0.4, 0.5) is 0 Å². The summed E-state index contributed by atoms with van der Waals surface area (Å²) in [5.41, 5.74) is 7.85. The highest BCUT2D eigenvalue weighted by molar-refractivity contribution is 14.1. The highest BCUT2D eigenvalue weighted by atomic mass is 127. The number of amides is 1. The first-order chi connectivity index (χ1) is 12.9. The van der Waals surface area contributed by atoms with E-state index in [1.54, 1.807) is 6.21 Å². The molecule has 0 spiro atoms. The Labute approximate surface area is 180 Å². The quantitative estimate of drug-likeness (QED) is 0.274. The van der Waals surface area contributed by atoms with E-state index in [0.29, 0.717) is 6.42 Å². The van der Waals surface area contributed by atoms with Crippen molar-refractivity contribution in [1.82, 2.24) is 9.99 Å². The summed E-state index contributed by atoms with van der Waals surface area (Å²) in [5, 5.41) is 4.13. The average molecular weight is 536 g/mol. The van der Waals surface area contributed by atoms with Gasteiger partial charge in [-0.2, -0.15) is 5.10 Å². The van der Waals surface area contributed by atoms with Crippen molar-refractivity contribution >= 4 is 50.6 Å². The van der Waals surface area contributed by atoms with Crippen LogP contribution in [0.1, 0.15) is 22.5 Å². The van der Waals surface area contributed by atoms with Gasteiger partial charge in [0, 0.05) is 30.7 Å². The Bertz CT molecular complexity index is 976. The number of aromatic nitrogens is 1. The van der Waals surface area contributed by atoms with Gasteiger partial charge in [0.15, 0.2) is 0 Å². The van der Waals surface area contributed by atoms with Crippen molar-refractivity contribution in [3.05, 3.63) is 85.2 Å². The van der Waals surface area contributed by atoms with Gasteiger partial charge in [-0.1, -0.05) is 28.1 Å². The van der Waals surface area contributed by atoms with Crippen LogP contribution in [0.25, 0.3) is 5.69 Å². The van der Waals surface area contributed by atoms with Crippen molar-refractivity contribution in [2.24, 2.45) is 5.10 Å². The molecular formula is C21H19BrIN3O. The maximum Gasteiger partial charge on any atom is 0.244 e. The first-order valence-corrected chi connectivity index (χ1v) is 10.3. The lowest BCUT2D eigenvalue weighted by molar-refractivity contribution is -0.120. The standard InChI is InChI=1S/C21H19BrIN3O/c1-14-11-17(15(2)26(14)20-9-7-19(23)8-10-20)13-24-25-21(27)12-16-3-5-18(22)6-4-16/h3-11,13H,12H2,1-2H3,(H,25,27)/b24-13+. The molecule has 0 fully saturated rings. The number of carbonyl (C=O) groups excluding carboxylic acids is 1. The number of hydrogen-bond acceptors (Lipinski definition) is 2. The van der Waals surface area contributed by atoms with Gasteiger partial charge < -0.3 is 4.57 Å². The molecule has 0 radical (unpaired) electrons. The van der Waals surface area contributed by atoms with Crippen LogP contribution < -0.4 is 5.43 Å². The maximum atomic E-state index is 12.1. The Kier molecular flexibility index (Phi) is 6.49. The van der Waals surface area contributed by atoms with E-state index >= 15 is 0 Å². The summed E-state index contributed by atoms with van der Waals surface area (Å²) < 4.78 is 4.38. The minimum absolute atomic E-state index is 0.139. The highest BCUT2D eigenvalue weighted by Gasteiger charge is 2.09. The minimum atomic E-state index is -0.139. The lowest BCUT2D eigenvalue weighted by Gasteiger charge is -2.09. The van der Waals surface area contributed by atoms with E-state index in [4.69, 9.17) is 0 Å². The molecule has 0 aliphatic rings. The van der Waals surface area contributed by atoms with E-state index in [0.717, 1.165) is 32.7 Å². The monoisotopic (exact) mass is 535 g/mol. The van der Waals surface area contributed by atoms with E-state index in [1.807, 2.05) is 24.3 Å². The van der Waals surface area contributed by atoms with E-state index in [-0.39, 0.29) is 5.91 Å². The molecule has 0 unspecified atom stereocenters. The van der Waals surface area contributed by atoms with Gasteiger partial charge in [-0.3, -0.25) is 4.79 Å². The number of hydrogen-bond donors (Lipinski definition) is 1.